The molecule has 0 unspecified atom stereocenters. The van der Waals surface area contributed by atoms with Crippen LogP contribution in [0.5, 0.6) is 11.5 Å². The van der Waals surface area contributed by atoms with Gasteiger partial charge < -0.3 is 19.7 Å². The first-order valence-electron chi connectivity index (χ1n) is 11.8. The van der Waals surface area contributed by atoms with Gasteiger partial charge in [-0.3, -0.25) is 9.59 Å². The Bertz CT molecular complexity index is 1130. The summed E-state index contributed by atoms with van der Waals surface area (Å²) in [6.07, 6.45) is 3.55. The van der Waals surface area contributed by atoms with Gasteiger partial charge in [-0.05, 0) is 66.3 Å². The number of hydrogen-bond acceptors (Lipinski definition) is 7. The van der Waals surface area contributed by atoms with E-state index in [1.807, 2.05) is 47.5 Å². The third-order valence-electron chi connectivity index (χ3n) is 6.15. The van der Waals surface area contributed by atoms with Crippen molar-refractivity contribution in [2.45, 2.75) is 51.6 Å². The van der Waals surface area contributed by atoms with Crippen LogP contribution in [0.1, 0.15) is 41.0 Å². The molecule has 1 aromatic carbocycles. The zero-order valence-electron chi connectivity index (χ0n) is 20.1. The Balaban J connectivity index is 1.49. The van der Waals surface area contributed by atoms with Crippen molar-refractivity contribution in [1.29, 1.82) is 0 Å². The number of thiophene rings is 1. The van der Waals surface area contributed by atoms with Crippen molar-refractivity contribution in [3.8, 4) is 11.5 Å². The van der Waals surface area contributed by atoms with Crippen LogP contribution in [0.2, 0.25) is 0 Å². The third kappa shape index (κ3) is 6.61. The maximum atomic E-state index is 13.4. The predicted octanol–water partition coefficient (Wildman–Crippen LogP) is 4.38. The lowest BCUT2D eigenvalue weighted by atomic mass is 10.1. The second-order valence-electron chi connectivity index (χ2n) is 8.58. The molecule has 0 radical (unpaired) electrons. The summed E-state index contributed by atoms with van der Waals surface area (Å²) >= 11 is 3.20. The fourth-order valence-electron chi connectivity index (χ4n) is 4.21. The summed E-state index contributed by atoms with van der Waals surface area (Å²) in [4.78, 5) is 33.4. The van der Waals surface area contributed by atoms with E-state index in [9.17, 15) is 9.59 Å². The lowest BCUT2D eigenvalue weighted by Gasteiger charge is -2.30. The van der Waals surface area contributed by atoms with E-state index in [1.165, 1.54) is 4.88 Å². The van der Waals surface area contributed by atoms with Crippen molar-refractivity contribution >= 4 is 34.5 Å². The highest BCUT2D eigenvalue weighted by atomic mass is 32.1. The summed E-state index contributed by atoms with van der Waals surface area (Å²) in [6, 6.07) is 7.19. The fourth-order valence-corrected chi connectivity index (χ4v) is 5.64. The summed E-state index contributed by atoms with van der Waals surface area (Å²) < 4.78 is 11.6. The first-order valence-corrected chi connectivity index (χ1v) is 13.6. The molecule has 186 valence electrons. The van der Waals surface area contributed by atoms with Crippen molar-refractivity contribution in [3.05, 3.63) is 62.2 Å². The van der Waals surface area contributed by atoms with Gasteiger partial charge in [0.05, 0.1) is 31.3 Å². The number of nitrogens with one attached hydrogen (secondary N) is 1. The monoisotopic (exact) mass is 513 g/mol. The molecule has 3 aromatic rings. The summed E-state index contributed by atoms with van der Waals surface area (Å²) in [5.41, 5.74) is 4.75. The summed E-state index contributed by atoms with van der Waals surface area (Å²) in [7, 11) is 1.61. The van der Waals surface area contributed by atoms with Crippen molar-refractivity contribution < 1.29 is 19.1 Å². The van der Waals surface area contributed by atoms with Gasteiger partial charge in [0.1, 0.15) is 6.04 Å². The van der Waals surface area contributed by atoms with E-state index in [0.29, 0.717) is 37.6 Å². The quantitative estimate of drug-likeness (QED) is 0.435. The average Bonchev–Trinajstić information content (AvgIpc) is 3.46. The number of aryl methyl sites for hydroxylation is 1. The molecular weight excluding hydrogens is 482 g/mol. The molecule has 0 aliphatic carbocycles. The molecule has 1 fully saturated rings. The number of rotatable bonds is 10. The number of carbonyl (C=O) groups excluding carboxylic acids is 2. The Labute approximate surface area is 214 Å². The number of thiazole rings is 1. The second-order valence-corrected chi connectivity index (χ2v) is 10.3. The van der Waals surface area contributed by atoms with Crippen LogP contribution in [0.15, 0.2) is 40.5 Å². The highest BCUT2D eigenvalue weighted by molar-refractivity contribution is 7.09. The van der Waals surface area contributed by atoms with Crippen LogP contribution in [0.4, 0.5) is 0 Å². The van der Waals surface area contributed by atoms with E-state index in [2.05, 4.69) is 10.3 Å². The molecule has 0 bridgehead atoms. The standard InChI is InChI=1S/C26H31N3O4S2/c1-18-24(35-17-28-18)8-11-33-22-7-6-19(13-23(22)32-2)15-29(21-5-3-4-10-27-26(21)31)25(30)14-20-9-12-34-16-20/h6-7,9,12-13,16-17,21H,3-5,8,10-11,14-15H2,1-2H3,(H,27,31)/t21-/m0/s1. The number of nitrogens with zero attached hydrogens (tertiary/aromatic N) is 2. The molecular formula is C26H31N3O4S2. The topological polar surface area (TPSA) is 80.8 Å². The van der Waals surface area contributed by atoms with Crippen LogP contribution in [-0.2, 0) is 29.0 Å². The van der Waals surface area contributed by atoms with Gasteiger partial charge in [0, 0.05) is 24.4 Å². The number of aromatic nitrogens is 1. The second kappa shape index (κ2) is 12.2. The first-order chi connectivity index (χ1) is 17.0. The van der Waals surface area contributed by atoms with Gasteiger partial charge in [-0.2, -0.15) is 11.3 Å². The zero-order chi connectivity index (χ0) is 24.6. The van der Waals surface area contributed by atoms with Crippen molar-refractivity contribution in [2.24, 2.45) is 0 Å². The Hall–Kier alpha value is -2.91. The largest absolute Gasteiger partial charge is 0.493 e. The molecule has 35 heavy (non-hydrogen) atoms. The highest BCUT2D eigenvalue weighted by Gasteiger charge is 2.31. The van der Waals surface area contributed by atoms with Gasteiger partial charge in [0.2, 0.25) is 11.8 Å². The van der Waals surface area contributed by atoms with Crippen LogP contribution < -0.4 is 14.8 Å². The van der Waals surface area contributed by atoms with Crippen LogP contribution in [0.3, 0.4) is 0 Å². The number of amides is 2. The molecule has 1 atom stereocenters. The number of benzene rings is 1. The molecule has 0 saturated carbocycles. The molecule has 1 aliphatic heterocycles. The maximum Gasteiger partial charge on any atom is 0.242 e. The van der Waals surface area contributed by atoms with Gasteiger partial charge >= 0.3 is 0 Å². The molecule has 9 heteroatoms. The minimum atomic E-state index is -0.479. The summed E-state index contributed by atoms with van der Waals surface area (Å²) in [5, 5.41) is 6.91. The summed E-state index contributed by atoms with van der Waals surface area (Å²) in [5.74, 6) is 1.14. The van der Waals surface area contributed by atoms with Crippen LogP contribution in [0.25, 0.3) is 0 Å². The molecule has 2 aromatic heterocycles. The average molecular weight is 514 g/mol. The van der Waals surface area contributed by atoms with E-state index in [1.54, 1.807) is 34.7 Å². The molecule has 1 aliphatic rings. The van der Waals surface area contributed by atoms with E-state index < -0.39 is 6.04 Å². The number of methoxy groups -OCH3 is 1. The molecule has 1 saturated heterocycles. The number of hydrogen-bond donors (Lipinski definition) is 1. The molecule has 2 amide bonds. The zero-order valence-corrected chi connectivity index (χ0v) is 21.8. The predicted molar refractivity (Wildman–Crippen MR) is 138 cm³/mol. The number of carbonyl (C=O) groups is 2. The van der Waals surface area contributed by atoms with E-state index in [0.717, 1.165) is 36.1 Å². The lowest BCUT2D eigenvalue weighted by molar-refractivity contribution is -0.140. The Kier molecular flexibility index (Phi) is 8.76. The smallest absolute Gasteiger partial charge is 0.242 e. The molecule has 1 N–H and O–H groups in total. The van der Waals surface area contributed by atoms with E-state index in [4.69, 9.17) is 9.47 Å². The Morgan fingerprint density at radius 3 is 2.86 bits per heavy atom. The van der Waals surface area contributed by atoms with Gasteiger partial charge in [0.15, 0.2) is 11.5 Å². The van der Waals surface area contributed by atoms with Gasteiger partial charge in [0.25, 0.3) is 0 Å². The molecule has 0 spiro atoms. The molecule has 3 heterocycles. The van der Waals surface area contributed by atoms with E-state index >= 15 is 0 Å². The van der Waals surface area contributed by atoms with Crippen molar-refractivity contribution in [1.82, 2.24) is 15.2 Å². The van der Waals surface area contributed by atoms with Crippen LogP contribution in [-0.4, -0.2) is 48.0 Å². The minimum absolute atomic E-state index is 0.0512. The van der Waals surface area contributed by atoms with Gasteiger partial charge in [-0.1, -0.05) is 6.07 Å². The van der Waals surface area contributed by atoms with Gasteiger partial charge in [-0.15, -0.1) is 11.3 Å². The molecule has 7 nitrogen and oxygen atoms in total. The van der Waals surface area contributed by atoms with Crippen LogP contribution >= 0.6 is 22.7 Å². The lowest BCUT2D eigenvalue weighted by Crippen LogP contribution is -2.48. The highest BCUT2D eigenvalue weighted by Crippen LogP contribution is 2.30. The number of ether oxygens (including phenoxy) is 2. The van der Waals surface area contributed by atoms with Crippen LogP contribution in [0, 0.1) is 6.92 Å². The maximum absolute atomic E-state index is 13.4. The Morgan fingerprint density at radius 2 is 2.11 bits per heavy atom. The Morgan fingerprint density at radius 1 is 1.23 bits per heavy atom. The fraction of sp³-hybridized carbons (Fsp3) is 0.423. The van der Waals surface area contributed by atoms with Gasteiger partial charge in [-0.25, -0.2) is 4.98 Å². The minimum Gasteiger partial charge on any atom is -0.493 e. The third-order valence-corrected chi connectivity index (χ3v) is 7.88. The molecule has 4 rings (SSSR count). The summed E-state index contributed by atoms with van der Waals surface area (Å²) in [6.45, 7) is 3.51. The van der Waals surface area contributed by atoms with E-state index in [-0.39, 0.29) is 18.2 Å². The van der Waals surface area contributed by atoms with Crippen molar-refractivity contribution in [2.75, 3.05) is 20.3 Å². The first kappa shape index (κ1) is 25.2. The SMILES string of the molecule is COc1cc(CN(C(=O)Cc2ccsc2)[C@H]2CCCCNC2=O)ccc1OCCc1scnc1C. The van der Waals surface area contributed by atoms with Crippen molar-refractivity contribution in [3.63, 3.8) is 0 Å². The normalized spacial score (nSPS) is 15.8.